The number of ether oxygens (including phenoxy) is 2. The minimum Gasteiger partial charge on any atom is -0.493 e. The predicted molar refractivity (Wildman–Crippen MR) is 102 cm³/mol. The molecule has 4 bridgehead atoms. The summed E-state index contributed by atoms with van der Waals surface area (Å²) >= 11 is 6.33. The van der Waals surface area contributed by atoms with Crippen molar-refractivity contribution in [1.82, 2.24) is 5.32 Å². The van der Waals surface area contributed by atoms with Gasteiger partial charge in [-0.25, -0.2) is 0 Å². The molecule has 4 aliphatic rings. The summed E-state index contributed by atoms with van der Waals surface area (Å²) in [5.41, 5.74) is 1.44. The molecule has 4 fully saturated rings. The predicted octanol–water partition coefficient (Wildman–Crippen LogP) is 5.19. The Labute approximate surface area is 156 Å². The highest BCUT2D eigenvalue weighted by Crippen LogP contribution is 2.55. The van der Waals surface area contributed by atoms with Crippen LogP contribution in [0.1, 0.15) is 57.9 Å². The minimum atomic E-state index is 0.105. The van der Waals surface area contributed by atoms with Crippen LogP contribution >= 0.6 is 11.6 Å². The first-order valence-corrected chi connectivity index (χ1v) is 10.1. The summed E-state index contributed by atoms with van der Waals surface area (Å²) < 4.78 is 11.6. The van der Waals surface area contributed by atoms with E-state index in [2.05, 4.69) is 5.32 Å². The summed E-state index contributed by atoms with van der Waals surface area (Å²) in [7, 11) is 1.68. The Balaban J connectivity index is 1.55. The Morgan fingerprint density at radius 3 is 2.24 bits per heavy atom. The van der Waals surface area contributed by atoms with E-state index in [4.69, 9.17) is 21.1 Å². The largest absolute Gasteiger partial charge is 0.493 e. The van der Waals surface area contributed by atoms with E-state index in [1.165, 1.54) is 38.5 Å². The van der Waals surface area contributed by atoms with Crippen molar-refractivity contribution in [2.24, 2.45) is 17.8 Å². The highest BCUT2D eigenvalue weighted by molar-refractivity contribution is 6.30. The summed E-state index contributed by atoms with van der Waals surface area (Å²) in [5.74, 6) is 4.39. The molecule has 138 valence electrons. The summed E-state index contributed by atoms with van der Waals surface area (Å²) in [6, 6.07) is 3.86. The normalized spacial score (nSPS) is 33.1. The molecule has 0 atom stereocenters. The van der Waals surface area contributed by atoms with E-state index in [0.29, 0.717) is 10.6 Å². The second-order valence-corrected chi connectivity index (χ2v) is 9.25. The molecule has 0 radical (unpaired) electrons. The number of rotatable bonds is 6. The zero-order chi connectivity index (χ0) is 17.6. The van der Waals surface area contributed by atoms with Crippen LogP contribution in [0.15, 0.2) is 12.1 Å². The van der Waals surface area contributed by atoms with Gasteiger partial charge >= 0.3 is 0 Å². The van der Waals surface area contributed by atoms with Gasteiger partial charge in [0, 0.05) is 28.7 Å². The van der Waals surface area contributed by atoms with E-state index in [9.17, 15) is 0 Å². The Morgan fingerprint density at radius 1 is 1.12 bits per heavy atom. The topological polar surface area (TPSA) is 30.5 Å². The van der Waals surface area contributed by atoms with Crippen LogP contribution in [0.2, 0.25) is 5.02 Å². The van der Waals surface area contributed by atoms with Crippen LogP contribution in [0.25, 0.3) is 0 Å². The lowest BCUT2D eigenvalue weighted by Crippen LogP contribution is -2.58. The molecule has 1 N–H and O–H groups in total. The van der Waals surface area contributed by atoms with E-state index in [1.54, 1.807) is 7.11 Å². The quantitative estimate of drug-likeness (QED) is 0.754. The highest BCUT2D eigenvalue weighted by Gasteiger charge is 2.50. The second-order valence-electron chi connectivity index (χ2n) is 8.81. The van der Waals surface area contributed by atoms with Gasteiger partial charge in [-0.05, 0) is 76.2 Å². The fourth-order valence-electron chi connectivity index (χ4n) is 5.88. The average Bonchev–Trinajstić information content (AvgIpc) is 2.53. The summed E-state index contributed by atoms with van der Waals surface area (Å²) in [6.45, 7) is 4.89. The molecule has 0 aliphatic heterocycles. The molecule has 25 heavy (non-hydrogen) atoms. The van der Waals surface area contributed by atoms with Crippen LogP contribution in [-0.2, 0) is 6.54 Å². The fraction of sp³-hybridized carbons (Fsp3) is 0.714. The zero-order valence-electron chi connectivity index (χ0n) is 15.6. The van der Waals surface area contributed by atoms with Crippen LogP contribution in [0.3, 0.4) is 0 Å². The first kappa shape index (κ1) is 17.5. The number of methoxy groups -OCH3 is 1. The molecule has 1 aromatic rings. The standard InChI is InChI=1S/C21H30ClNO2/c1-13(2)25-20-17(7-18(22)8-19(20)24-3)12-23-21-9-14-4-15(10-21)6-16(5-14)11-21/h7-8,13-16,23H,4-6,9-12H2,1-3H3. The number of hydrogen-bond donors (Lipinski definition) is 1. The van der Waals surface area contributed by atoms with Gasteiger partial charge in [0.05, 0.1) is 13.2 Å². The lowest BCUT2D eigenvalue weighted by atomic mass is 9.53. The summed E-state index contributed by atoms with van der Waals surface area (Å²) in [5, 5.41) is 4.65. The molecule has 1 aromatic carbocycles. The van der Waals surface area contributed by atoms with Crippen molar-refractivity contribution in [3.8, 4) is 11.5 Å². The SMILES string of the molecule is COc1cc(Cl)cc(CNC23CC4CC(CC(C4)C2)C3)c1OC(C)C. The molecule has 0 heterocycles. The average molecular weight is 364 g/mol. The Kier molecular flexibility index (Phi) is 4.66. The maximum atomic E-state index is 6.33. The van der Waals surface area contributed by atoms with Gasteiger partial charge in [-0.1, -0.05) is 11.6 Å². The second kappa shape index (κ2) is 6.66. The van der Waals surface area contributed by atoms with Gasteiger partial charge < -0.3 is 14.8 Å². The lowest BCUT2D eigenvalue weighted by Gasteiger charge is -2.57. The van der Waals surface area contributed by atoms with E-state index >= 15 is 0 Å². The number of benzene rings is 1. The van der Waals surface area contributed by atoms with Gasteiger partial charge in [-0.15, -0.1) is 0 Å². The first-order valence-electron chi connectivity index (χ1n) is 9.74. The van der Waals surface area contributed by atoms with Gasteiger partial charge in [0.25, 0.3) is 0 Å². The van der Waals surface area contributed by atoms with Crippen LogP contribution < -0.4 is 14.8 Å². The fourth-order valence-corrected chi connectivity index (χ4v) is 6.12. The molecule has 0 saturated heterocycles. The maximum Gasteiger partial charge on any atom is 0.166 e. The molecular formula is C21H30ClNO2. The monoisotopic (exact) mass is 363 g/mol. The van der Waals surface area contributed by atoms with Gasteiger partial charge in [-0.3, -0.25) is 0 Å². The van der Waals surface area contributed by atoms with Crippen LogP contribution in [0, 0.1) is 17.8 Å². The van der Waals surface area contributed by atoms with E-state index in [1.807, 2.05) is 26.0 Å². The number of nitrogens with one attached hydrogen (secondary N) is 1. The maximum absolute atomic E-state index is 6.33. The first-order chi connectivity index (χ1) is 12.0. The third-order valence-electron chi connectivity index (χ3n) is 6.36. The zero-order valence-corrected chi connectivity index (χ0v) is 16.4. The molecule has 0 spiro atoms. The lowest BCUT2D eigenvalue weighted by molar-refractivity contribution is -0.0207. The third kappa shape index (κ3) is 3.50. The Hall–Kier alpha value is -0.930. The Morgan fingerprint density at radius 2 is 1.72 bits per heavy atom. The highest BCUT2D eigenvalue weighted by atomic mass is 35.5. The molecule has 5 rings (SSSR count). The van der Waals surface area contributed by atoms with E-state index < -0.39 is 0 Å². The molecule has 4 aliphatic carbocycles. The van der Waals surface area contributed by atoms with Crippen molar-refractivity contribution in [3.63, 3.8) is 0 Å². The number of hydrogen-bond acceptors (Lipinski definition) is 3. The summed E-state index contributed by atoms with van der Waals surface area (Å²) in [6.07, 6.45) is 8.54. The van der Waals surface area contributed by atoms with Crippen LogP contribution in [0.4, 0.5) is 0 Å². The molecule has 0 unspecified atom stereocenters. The molecule has 4 saturated carbocycles. The third-order valence-corrected chi connectivity index (χ3v) is 6.58. The smallest absolute Gasteiger partial charge is 0.166 e. The molecule has 0 aromatic heterocycles. The molecular weight excluding hydrogens is 334 g/mol. The van der Waals surface area contributed by atoms with Crippen molar-refractivity contribution in [2.45, 2.75) is 70.6 Å². The number of halogens is 1. The Bertz CT molecular complexity index is 608. The molecule has 0 amide bonds. The van der Waals surface area contributed by atoms with Gasteiger partial charge in [0.1, 0.15) is 0 Å². The van der Waals surface area contributed by atoms with Crippen molar-refractivity contribution in [2.75, 3.05) is 7.11 Å². The summed E-state index contributed by atoms with van der Waals surface area (Å²) in [4.78, 5) is 0. The molecule has 3 nitrogen and oxygen atoms in total. The minimum absolute atomic E-state index is 0.105. The van der Waals surface area contributed by atoms with Gasteiger partial charge in [0.2, 0.25) is 0 Å². The van der Waals surface area contributed by atoms with Gasteiger partial charge in [-0.2, -0.15) is 0 Å². The van der Waals surface area contributed by atoms with Crippen LogP contribution in [-0.4, -0.2) is 18.8 Å². The van der Waals surface area contributed by atoms with E-state index in [-0.39, 0.29) is 6.10 Å². The van der Waals surface area contributed by atoms with Crippen molar-refractivity contribution in [1.29, 1.82) is 0 Å². The van der Waals surface area contributed by atoms with Crippen molar-refractivity contribution in [3.05, 3.63) is 22.7 Å². The van der Waals surface area contributed by atoms with Crippen molar-refractivity contribution >= 4 is 11.6 Å². The van der Waals surface area contributed by atoms with Crippen molar-refractivity contribution < 1.29 is 9.47 Å². The van der Waals surface area contributed by atoms with Crippen LogP contribution in [0.5, 0.6) is 11.5 Å². The molecule has 4 heteroatoms. The van der Waals surface area contributed by atoms with Gasteiger partial charge in [0.15, 0.2) is 11.5 Å². The van der Waals surface area contributed by atoms with E-state index in [0.717, 1.165) is 41.4 Å².